The molecule has 1 atom stereocenters. The van der Waals surface area contributed by atoms with Gasteiger partial charge in [0.05, 0.1) is 31.0 Å². The summed E-state index contributed by atoms with van der Waals surface area (Å²) in [6.45, 7) is 4.46. The lowest BCUT2D eigenvalue weighted by Gasteiger charge is -2.20. The molecule has 0 aliphatic carbocycles. The number of benzene rings is 3. The Morgan fingerprint density at radius 3 is 2.12 bits per heavy atom. The molecule has 4 aromatic rings. The van der Waals surface area contributed by atoms with E-state index in [1.165, 1.54) is 0 Å². The van der Waals surface area contributed by atoms with Crippen LogP contribution in [0.5, 0.6) is 5.75 Å². The fourth-order valence-corrected chi connectivity index (χ4v) is 3.94. The molecule has 162 valence electrons. The second kappa shape index (κ2) is 9.52. The molecule has 1 N–H and O–H groups in total. The first-order valence-electron chi connectivity index (χ1n) is 10.6. The van der Waals surface area contributed by atoms with Gasteiger partial charge in [0.2, 0.25) is 0 Å². The van der Waals surface area contributed by atoms with Crippen molar-refractivity contribution in [3.05, 3.63) is 119 Å². The van der Waals surface area contributed by atoms with Crippen LogP contribution in [0.1, 0.15) is 44.5 Å². The monoisotopic (exact) mass is 425 g/mol. The van der Waals surface area contributed by atoms with Crippen LogP contribution in [0.15, 0.2) is 84.9 Å². The molecule has 0 radical (unpaired) electrons. The summed E-state index contributed by atoms with van der Waals surface area (Å²) in [7, 11) is 1.64. The Hall–Kier alpha value is -3.86. The van der Waals surface area contributed by atoms with Crippen LogP contribution in [0.4, 0.5) is 0 Å². The van der Waals surface area contributed by atoms with Crippen LogP contribution in [0.2, 0.25) is 0 Å². The number of nitrogens with one attached hydrogen (secondary N) is 1. The third-order valence-corrected chi connectivity index (χ3v) is 5.64. The molecular formula is C27H27N3O2. The number of carbonyl (C=O) groups excluding carboxylic acids is 1. The van der Waals surface area contributed by atoms with Crippen molar-refractivity contribution in [2.24, 2.45) is 0 Å². The molecule has 32 heavy (non-hydrogen) atoms. The van der Waals surface area contributed by atoms with Crippen LogP contribution in [-0.2, 0) is 6.54 Å². The maximum atomic E-state index is 13.4. The van der Waals surface area contributed by atoms with Crippen LogP contribution in [-0.4, -0.2) is 22.8 Å². The number of hydrogen-bond acceptors (Lipinski definition) is 3. The van der Waals surface area contributed by atoms with Gasteiger partial charge in [-0.3, -0.25) is 9.48 Å². The van der Waals surface area contributed by atoms with Gasteiger partial charge in [-0.25, -0.2) is 0 Å². The van der Waals surface area contributed by atoms with Crippen molar-refractivity contribution < 1.29 is 9.53 Å². The molecule has 1 heterocycles. The van der Waals surface area contributed by atoms with E-state index < -0.39 is 0 Å². The summed E-state index contributed by atoms with van der Waals surface area (Å²) in [5.74, 6) is 0.643. The standard InChI is InChI=1S/C27H27N3O2/c1-19-25(20(2)30(29-19)18-21-10-6-4-7-11-21)27(31)28-26(22-12-8-5-9-13-22)23-14-16-24(32-3)17-15-23/h4-17,26H,18H2,1-3H3,(H,28,31)/t26-/m0/s1. The number of methoxy groups -OCH3 is 1. The number of ether oxygens (including phenoxy) is 1. The molecule has 0 spiro atoms. The second-order valence-electron chi connectivity index (χ2n) is 7.78. The number of carbonyl (C=O) groups is 1. The van der Waals surface area contributed by atoms with Crippen molar-refractivity contribution in [3.63, 3.8) is 0 Å². The normalized spacial score (nSPS) is 11.7. The lowest BCUT2D eigenvalue weighted by atomic mass is 9.98. The van der Waals surface area contributed by atoms with E-state index in [0.29, 0.717) is 12.1 Å². The molecule has 0 aliphatic heterocycles. The van der Waals surface area contributed by atoms with Gasteiger partial charge < -0.3 is 10.1 Å². The van der Waals surface area contributed by atoms with Crippen LogP contribution >= 0.6 is 0 Å². The van der Waals surface area contributed by atoms with Crippen molar-refractivity contribution in [1.29, 1.82) is 0 Å². The van der Waals surface area contributed by atoms with Crippen LogP contribution < -0.4 is 10.1 Å². The molecule has 1 aromatic heterocycles. The van der Waals surface area contributed by atoms with Gasteiger partial charge in [-0.05, 0) is 42.7 Å². The highest BCUT2D eigenvalue weighted by molar-refractivity contribution is 5.96. The van der Waals surface area contributed by atoms with Gasteiger partial charge in [0, 0.05) is 5.69 Å². The van der Waals surface area contributed by atoms with Crippen molar-refractivity contribution >= 4 is 5.91 Å². The number of aromatic nitrogens is 2. The third-order valence-electron chi connectivity index (χ3n) is 5.64. The lowest BCUT2D eigenvalue weighted by Crippen LogP contribution is -2.30. The molecule has 0 saturated heterocycles. The van der Waals surface area contributed by atoms with E-state index >= 15 is 0 Å². The van der Waals surface area contributed by atoms with Crippen molar-refractivity contribution in [1.82, 2.24) is 15.1 Å². The smallest absolute Gasteiger partial charge is 0.255 e. The summed E-state index contributed by atoms with van der Waals surface area (Å²) in [6.07, 6.45) is 0. The first-order chi connectivity index (χ1) is 15.6. The van der Waals surface area contributed by atoms with Crippen LogP contribution in [0.25, 0.3) is 0 Å². The maximum Gasteiger partial charge on any atom is 0.255 e. The number of rotatable bonds is 7. The minimum absolute atomic E-state index is 0.135. The Morgan fingerprint density at radius 1 is 0.906 bits per heavy atom. The Morgan fingerprint density at radius 2 is 1.50 bits per heavy atom. The molecule has 0 aliphatic rings. The van der Waals surface area contributed by atoms with Gasteiger partial charge in [-0.2, -0.15) is 5.10 Å². The topological polar surface area (TPSA) is 56.1 Å². The van der Waals surface area contributed by atoms with E-state index in [9.17, 15) is 4.79 Å². The fourth-order valence-electron chi connectivity index (χ4n) is 3.94. The van der Waals surface area contributed by atoms with Crippen LogP contribution in [0, 0.1) is 13.8 Å². The molecular weight excluding hydrogens is 398 g/mol. The van der Waals surface area contributed by atoms with Crippen molar-refractivity contribution in [3.8, 4) is 5.75 Å². The lowest BCUT2D eigenvalue weighted by molar-refractivity contribution is 0.0941. The van der Waals surface area contributed by atoms with E-state index in [1.807, 2.05) is 91.3 Å². The Labute approximate surface area is 188 Å². The highest BCUT2D eigenvalue weighted by Crippen LogP contribution is 2.25. The maximum absolute atomic E-state index is 13.4. The van der Waals surface area contributed by atoms with E-state index in [2.05, 4.69) is 22.5 Å². The molecule has 1 amide bonds. The summed E-state index contributed by atoms with van der Waals surface area (Å²) < 4.78 is 7.18. The first kappa shape index (κ1) is 21.4. The average Bonchev–Trinajstić information content (AvgIpc) is 3.11. The summed E-state index contributed by atoms with van der Waals surface area (Å²) >= 11 is 0. The van der Waals surface area contributed by atoms with Gasteiger partial charge in [-0.1, -0.05) is 72.8 Å². The molecule has 5 heteroatoms. The zero-order chi connectivity index (χ0) is 22.5. The summed E-state index contributed by atoms with van der Waals surface area (Å²) in [6, 6.07) is 27.6. The zero-order valence-electron chi connectivity index (χ0n) is 18.6. The molecule has 0 unspecified atom stereocenters. The third kappa shape index (κ3) is 4.57. The Balaban J connectivity index is 1.63. The predicted octanol–water partition coefficient (Wildman–Crippen LogP) is 5.08. The number of nitrogens with zero attached hydrogens (tertiary/aromatic N) is 2. The number of amides is 1. The SMILES string of the molecule is COc1ccc([C@@H](NC(=O)c2c(C)nn(Cc3ccccc3)c2C)c2ccccc2)cc1. The highest BCUT2D eigenvalue weighted by atomic mass is 16.5. The highest BCUT2D eigenvalue weighted by Gasteiger charge is 2.23. The summed E-state index contributed by atoms with van der Waals surface area (Å²) in [5, 5.41) is 7.87. The van der Waals surface area contributed by atoms with Gasteiger partial charge in [0.25, 0.3) is 5.91 Å². The van der Waals surface area contributed by atoms with Gasteiger partial charge in [0.1, 0.15) is 5.75 Å². The minimum atomic E-state index is -0.286. The van der Waals surface area contributed by atoms with E-state index in [-0.39, 0.29) is 11.9 Å². The second-order valence-corrected chi connectivity index (χ2v) is 7.78. The van der Waals surface area contributed by atoms with Gasteiger partial charge in [-0.15, -0.1) is 0 Å². The molecule has 4 rings (SSSR count). The van der Waals surface area contributed by atoms with Crippen molar-refractivity contribution in [2.45, 2.75) is 26.4 Å². The summed E-state index contributed by atoms with van der Waals surface area (Å²) in [5.41, 5.74) is 5.33. The first-order valence-corrected chi connectivity index (χ1v) is 10.6. The molecule has 5 nitrogen and oxygen atoms in total. The van der Waals surface area contributed by atoms with E-state index in [0.717, 1.165) is 33.8 Å². The van der Waals surface area contributed by atoms with E-state index in [4.69, 9.17) is 4.74 Å². The minimum Gasteiger partial charge on any atom is -0.497 e. The average molecular weight is 426 g/mol. The van der Waals surface area contributed by atoms with Crippen molar-refractivity contribution in [2.75, 3.05) is 7.11 Å². The number of aryl methyl sites for hydroxylation is 1. The quantitative estimate of drug-likeness (QED) is 0.449. The van der Waals surface area contributed by atoms with Crippen LogP contribution in [0.3, 0.4) is 0 Å². The molecule has 0 fully saturated rings. The van der Waals surface area contributed by atoms with Gasteiger partial charge >= 0.3 is 0 Å². The molecule has 3 aromatic carbocycles. The molecule has 0 saturated carbocycles. The molecule has 0 bridgehead atoms. The zero-order valence-corrected chi connectivity index (χ0v) is 18.6. The number of hydrogen-bond donors (Lipinski definition) is 1. The Kier molecular flexibility index (Phi) is 6.36. The largest absolute Gasteiger partial charge is 0.497 e. The van der Waals surface area contributed by atoms with Gasteiger partial charge in [0.15, 0.2) is 0 Å². The van der Waals surface area contributed by atoms with E-state index in [1.54, 1.807) is 7.11 Å². The predicted molar refractivity (Wildman–Crippen MR) is 126 cm³/mol. The summed E-state index contributed by atoms with van der Waals surface area (Å²) in [4.78, 5) is 13.4. The Bertz CT molecular complexity index is 1180. The fraction of sp³-hybridized carbons (Fsp3) is 0.185.